The molecule has 3 heterocycles. The number of halogens is 2. The standard InChI is InChI=1S/C25H23F2N5O3S/c1-12-3-6-18(13(2)9-12)35-11-32-8-7-16(31-32)24(34)30-20-19-15(14-4-5-14)10-17(22(26)27)29-25(19)36-21(20)23(28)33/h3,6-10,14,22H,4-5,11H2,1-2H3,(H2,28,33)(H,30,34). The number of ether oxygens (including phenoxy) is 1. The van der Waals surface area contributed by atoms with Crippen LogP contribution >= 0.6 is 11.3 Å². The molecule has 186 valence electrons. The lowest BCUT2D eigenvalue weighted by Crippen LogP contribution is -2.18. The number of benzene rings is 1. The number of carbonyl (C=O) groups excluding carboxylic acids is 2. The van der Waals surface area contributed by atoms with Crippen molar-refractivity contribution in [2.45, 2.75) is 45.8 Å². The summed E-state index contributed by atoms with van der Waals surface area (Å²) in [4.78, 5) is 29.6. The van der Waals surface area contributed by atoms with Gasteiger partial charge in [-0.15, -0.1) is 11.3 Å². The maximum absolute atomic E-state index is 13.4. The molecule has 0 spiro atoms. The summed E-state index contributed by atoms with van der Waals surface area (Å²) in [7, 11) is 0. The number of aryl methyl sites for hydroxylation is 2. The first-order chi connectivity index (χ1) is 17.2. The Morgan fingerprint density at radius 1 is 1.25 bits per heavy atom. The van der Waals surface area contributed by atoms with Crippen molar-refractivity contribution in [3.63, 3.8) is 0 Å². The van der Waals surface area contributed by atoms with E-state index >= 15 is 0 Å². The highest BCUT2D eigenvalue weighted by Crippen LogP contribution is 2.48. The molecule has 1 saturated carbocycles. The van der Waals surface area contributed by atoms with Crippen molar-refractivity contribution in [1.82, 2.24) is 14.8 Å². The lowest BCUT2D eigenvalue weighted by atomic mass is 10.0. The number of nitrogens with one attached hydrogen (secondary N) is 1. The van der Waals surface area contributed by atoms with E-state index in [2.05, 4.69) is 15.4 Å². The SMILES string of the molecule is Cc1ccc(OCn2ccc(C(=O)Nc3c(C(N)=O)sc4nc(C(F)F)cc(C5CC5)c34)n2)c(C)c1. The van der Waals surface area contributed by atoms with E-state index in [1.54, 1.807) is 6.20 Å². The summed E-state index contributed by atoms with van der Waals surface area (Å²) in [5, 5.41) is 7.48. The number of anilines is 1. The number of aromatic nitrogens is 3. The Bertz CT molecular complexity index is 1490. The second-order valence-corrected chi connectivity index (χ2v) is 9.80. The predicted molar refractivity (Wildman–Crippen MR) is 132 cm³/mol. The van der Waals surface area contributed by atoms with Gasteiger partial charge < -0.3 is 15.8 Å². The molecule has 4 aromatic rings. The van der Waals surface area contributed by atoms with Crippen LogP contribution in [0.25, 0.3) is 10.2 Å². The highest BCUT2D eigenvalue weighted by molar-refractivity contribution is 7.21. The summed E-state index contributed by atoms with van der Waals surface area (Å²) in [5.41, 5.74) is 8.23. The van der Waals surface area contributed by atoms with E-state index in [-0.39, 0.29) is 39.4 Å². The van der Waals surface area contributed by atoms with Crippen LogP contribution in [0.5, 0.6) is 5.75 Å². The van der Waals surface area contributed by atoms with Gasteiger partial charge >= 0.3 is 0 Å². The quantitative estimate of drug-likeness (QED) is 0.333. The number of hydrogen-bond acceptors (Lipinski definition) is 6. The third-order valence-corrected chi connectivity index (χ3v) is 7.07. The second-order valence-electron chi connectivity index (χ2n) is 8.80. The first-order valence-electron chi connectivity index (χ1n) is 11.3. The van der Waals surface area contributed by atoms with Crippen molar-refractivity contribution in [3.8, 4) is 5.75 Å². The van der Waals surface area contributed by atoms with Crippen LogP contribution in [0.2, 0.25) is 0 Å². The van der Waals surface area contributed by atoms with E-state index in [1.165, 1.54) is 16.8 Å². The molecule has 2 amide bonds. The Morgan fingerprint density at radius 3 is 2.69 bits per heavy atom. The van der Waals surface area contributed by atoms with Crippen LogP contribution in [0, 0.1) is 13.8 Å². The Labute approximate surface area is 209 Å². The number of thiophene rings is 1. The zero-order chi connectivity index (χ0) is 25.6. The van der Waals surface area contributed by atoms with Gasteiger partial charge in [0.15, 0.2) is 12.4 Å². The Morgan fingerprint density at radius 2 is 2.03 bits per heavy atom. The molecule has 1 aliphatic rings. The van der Waals surface area contributed by atoms with Crippen LogP contribution in [0.1, 0.15) is 67.7 Å². The summed E-state index contributed by atoms with van der Waals surface area (Å²) in [5.74, 6) is -0.565. The van der Waals surface area contributed by atoms with Gasteiger partial charge in [-0.3, -0.25) is 9.59 Å². The summed E-state index contributed by atoms with van der Waals surface area (Å²) >= 11 is 0.894. The highest BCUT2D eigenvalue weighted by atomic mass is 32.1. The van der Waals surface area contributed by atoms with Crippen molar-refractivity contribution in [2.24, 2.45) is 5.73 Å². The summed E-state index contributed by atoms with van der Waals surface area (Å²) in [6.45, 7) is 4.04. The molecule has 8 nitrogen and oxygen atoms in total. The average Bonchev–Trinajstić information content (AvgIpc) is 3.45. The van der Waals surface area contributed by atoms with Crippen LogP contribution in [0.15, 0.2) is 36.5 Å². The number of hydrogen-bond donors (Lipinski definition) is 2. The molecule has 3 N–H and O–H groups in total. The topological polar surface area (TPSA) is 112 Å². The average molecular weight is 512 g/mol. The molecule has 0 atom stereocenters. The fourth-order valence-corrected chi connectivity index (χ4v) is 5.12. The molecule has 0 radical (unpaired) electrons. The Balaban J connectivity index is 1.41. The first-order valence-corrected chi connectivity index (χ1v) is 12.1. The van der Waals surface area contributed by atoms with Crippen molar-refractivity contribution in [1.29, 1.82) is 0 Å². The third-order valence-electron chi connectivity index (χ3n) is 5.97. The van der Waals surface area contributed by atoms with Crippen molar-refractivity contribution < 1.29 is 23.1 Å². The maximum atomic E-state index is 13.4. The number of alkyl halides is 2. The number of amides is 2. The van der Waals surface area contributed by atoms with Gasteiger partial charge in [-0.05, 0) is 61.9 Å². The smallest absolute Gasteiger partial charge is 0.280 e. The molecule has 0 aliphatic heterocycles. The van der Waals surface area contributed by atoms with E-state index in [1.807, 2.05) is 32.0 Å². The molecule has 1 fully saturated rings. The molecule has 1 aromatic carbocycles. The lowest BCUT2D eigenvalue weighted by Gasteiger charge is -2.10. The van der Waals surface area contributed by atoms with E-state index in [0.29, 0.717) is 16.7 Å². The molecular formula is C25H23F2N5O3S. The summed E-state index contributed by atoms with van der Waals surface area (Å²) in [6.07, 6.45) is 0.522. The first kappa shape index (κ1) is 23.9. The predicted octanol–water partition coefficient (Wildman–Crippen LogP) is 5.31. The zero-order valence-corrected chi connectivity index (χ0v) is 20.4. The fourth-order valence-electron chi connectivity index (χ4n) is 4.10. The van der Waals surface area contributed by atoms with Crippen LogP contribution < -0.4 is 15.8 Å². The van der Waals surface area contributed by atoms with E-state index < -0.39 is 18.2 Å². The highest BCUT2D eigenvalue weighted by Gasteiger charge is 2.32. The van der Waals surface area contributed by atoms with Crippen LogP contribution in [-0.2, 0) is 6.73 Å². The Kier molecular flexibility index (Phi) is 6.17. The van der Waals surface area contributed by atoms with Crippen molar-refractivity contribution in [3.05, 3.63) is 69.5 Å². The molecular weight excluding hydrogens is 488 g/mol. The number of nitrogens with zero attached hydrogens (tertiary/aromatic N) is 3. The van der Waals surface area contributed by atoms with Gasteiger partial charge in [-0.2, -0.15) is 5.10 Å². The lowest BCUT2D eigenvalue weighted by molar-refractivity contribution is 0.100. The minimum absolute atomic E-state index is 0.0526. The largest absolute Gasteiger partial charge is 0.471 e. The van der Waals surface area contributed by atoms with Gasteiger partial charge in [0.1, 0.15) is 21.2 Å². The molecule has 36 heavy (non-hydrogen) atoms. The van der Waals surface area contributed by atoms with Gasteiger partial charge in [-0.1, -0.05) is 17.7 Å². The molecule has 5 rings (SSSR count). The van der Waals surface area contributed by atoms with E-state index in [0.717, 1.165) is 35.3 Å². The van der Waals surface area contributed by atoms with Crippen LogP contribution in [0.4, 0.5) is 14.5 Å². The molecule has 1 aliphatic carbocycles. The molecule has 0 saturated heterocycles. The van der Waals surface area contributed by atoms with Gasteiger partial charge in [0, 0.05) is 11.6 Å². The van der Waals surface area contributed by atoms with Crippen LogP contribution in [-0.4, -0.2) is 26.6 Å². The second kappa shape index (κ2) is 9.30. The van der Waals surface area contributed by atoms with Gasteiger partial charge in [0.05, 0.1) is 5.69 Å². The van der Waals surface area contributed by atoms with E-state index in [4.69, 9.17) is 10.5 Å². The van der Waals surface area contributed by atoms with Gasteiger partial charge in [0.25, 0.3) is 18.2 Å². The maximum Gasteiger partial charge on any atom is 0.280 e. The van der Waals surface area contributed by atoms with Gasteiger partial charge in [-0.25, -0.2) is 18.4 Å². The van der Waals surface area contributed by atoms with Crippen molar-refractivity contribution >= 4 is 39.1 Å². The number of rotatable bonds is 8. The number of pyridine rings is 1. The number of fused-ring (bicyclic) bond motifs is 1. The molecule has 0 unspecified atom stereocenters. The minimum Gasteiger partial charge on any atom is -0.471 e. The third kappa shape index (κ3) is 4.66. The number of carbonyl (C=O) groups is 2. The zero-order valence-electron chi connectivity index (χ0n) is 19.5. The number of nitrogens with two attached hydrogens (primary N) is 1. The number of primary amides is 1. The summed E-state index contributed by atoms with van der Waals surface area (Å²) in [6, 6.07) is 8.71. The van der Waals surface area contributed by atoms with Crippen molar-refractivity contribution in [2.75, 3.05) is 5.32 Å². The monoisotopic (exact) mass is 511 g/mol. The minimum atomic E-state index is -2.75. The normalized spacial score (nSPS) is 13.4. The Hall–Kier alpha value is -3.86. The fraction of sp³-hybridized carbons (Fsp3) is 0.280. The van der Waals surface area contributed by atoms with E-state index in [9.17, 15) is 18.4 Å². The molecule has 3 aromatic heterocycles. The molecule has 0 bridgehead atoms. The molecule has 11 heteroatoms. The van der Waals surface area contributed by atoms with Gasteiger partial charge in [0.2, 0.25) is 0 Å². The van der Waals surface area contributed by atoms with Crippen LogP contribution in [0.3, 0.4) is 0 Å². The summed E-state index contributed by atoms with van der Waals surface area (Å²) < 4.78 is 34.1.